The Morgan fingerprint density at radius 2 is 2.38 bits per heavy atom. The van der Waals surface area contributed by atoms with E-state index in [0.717, 1.165) is 0 Å². The van der Waals surface area contributed by atoms with Gasteiger partial charge in [-0.25, -0.2) is 0 Å². The van der Waals surface area contributed by atoms with Crippen LogP contribution < -0.4 is 0 Å². The first-order valence-electron chi connectivity index (χ1n) is 2.15. The molecule has 0 aliphatic heterocycles. The van der Waals surface area contributed by atoms with Gasteiger partial charge in [0.05, 0.1) is 11.8 Å². The Morgan fingerprint density at radius 3 is 2.75 bits per heavy atom. The van der Waals surface area contributed by atoms with Crippen LogP contribution in [0.5, 0.6) is 0 Å². The minimum Gasteiger partial charge on any atom is -0.117 e. The summed E-state index contributed by atoms with van der Waals surface area (Å²) in [5.41, 5.74) is 0. The van der Waals surface area contributed by atoms with Crippen LogP contribution in [-0.4, -0.2) is 5.38 Å². The lowest BCUT2D eigenvalue weighted by Crippen LogP contribution is -1.97. The van der Waals surface area contributed by atoms with Crippen LogP contribution in [0.2, 0.25) is 0 Å². The Hall–Kier alpha value is 0.0600. The monoisotopic (exact) mass is 145 g/mol. The molecule has 0 saturated carbocycles. The van der Waals surface area contributed by atoms with E-state index in [1.807, 2.05) is 0 Å². The second-order valence-corrected chi connectivity index (χ2v) is 2.25. The van der Waals surface area contributed by atoms with E-state index in [0.29, 0.717) is 5.03 Å². The van der Waals surface area contributed by atoms with Gasteiger partial charge in [-0.05, 0) is 12.2 Å². The highest BCUT2D eigenvalue weighted by Crippen LogP contribution is 2.17. The fourth-order valence-corrected chi connectivity index (χ4v) is 0.847. The molecule has 41 valence electrons. The Balaban J connectivity index is 2.59. The molecule has 1 rings (SSSR count). The normalized spacial score (nSPS) is 27.8. The molecule has 1 aliphatic carbocycles. The van der Waals surface area contributed by atoms with E-state index in [-0.39, 0.29) is 5.38 Å². The third-order valence-electron chi connectivity index (χ3n) is 0.728. The number of alkyl halides is 1. The van der Waals surface area contributed by atoms with Gasteiger partial charge in [0.15, 0.2) is 0 Å². The zero-order valence-electron chi connectivity index (χ0n) is 3.99. The molecule has 1 atom stereocenters. The van der Waals surface area contributed by atoms with Crippen molar-refractivity contribution < 1.29 is 0 Å². The van der Waals surface area contributed by atoms with Gasteiger partial charge in [0.25, 0.3) is 0 Å². The predicted molar refractivity (Wildman–Crippen MR) is 34.6 cm³/mol. The van der Waals surface area contributed by atoms with E-state index in [2.05, 4.69) is 12.5 Å². The van der Waals surface area contributed by atoms with Gasteiger partial charge in [-0.1, -0.05) is 17.7 Å². The van der Waals surface area contributed by atoms with Crippen molar-refractivity contribution in [1.29, 1.82) is 0 Å². The fraction of sp³-hybridized carbons (Fsp3) is 0.167. The van der Waals surface area contributed by atoms with Crippen molar-refractivity contribution in [2.75, 3.05) is 0 Å². The largest absolute Gasteiger partial charge is 0.117 e. The second-order valence-electron chi connectivity index (χ2n) is 1.37. The Bertz CT molecular complexity index is 135. The predicted octanol–water partition coefficient (Wildman–Crippen LogP) is 2.17. The molecule has 0 nitrogen and oxygen atoms in total. The van der Waals surface area contributed by atoms with E-state index < -0.39 is 0 Å². The molecule has 1 aliphatic rings. The third-order valence-corrected chi connectivity index (χ3v) is 1.18. The molecule has 0 heterocycles. The lowest BCUT2D eigenvalue weighted by molar-refractivity contribution is 1.24. The summed E-state index contributed by atoms with van der Waals surface area (Å²) in [5.74, 6) is 0. The highest BCUT2D eigenvalue weighted by molar-refractivity contribution is 6.33. The standard InChI is InChI=1S/C6H3Cl2/c7-5-2-1-3-6(8)4-5/h2-3,5H. The number of rotatable bonds is 0. The Kier molecular flexibility index (Phi) is 1.98. The molecule has 0 amide bonds. The molecule has 0 spiro atoms. The molecular formula is C6H3Cl2. The highest BCUT2D eigenvalue weighted by Gasteiger charge is 2.05. The molecule has 0 aromatic rings. The number of hydrogen-bond acceptors (Lipinski definition) is 0. The van der Waals surface area contributed by atoms with Gasteiger partial charge >= 0.3 is 0 Å². The van der Waals surface area contributed by atoms with E-state index in [4.69, 9.17) is 23.2 Å². The van der Waals surface area contributed by atoms with Crippen LogP contribution in [0.1, 0.15) is 0 Å². The van der Waals surface area contributed by atoms with Gasteiger partial charge in [0, 0.05) is 5.03 Å². The van der Waals surface area contributed by atoms with Crippen molar-refractivity contribution in [3.8, 4) is 0 Å². The molecule has 0 aromatic carbocycles. The summed E-state index contributed by atoms with van der Waals surface area (Å²) < 4.78 is 0. The summed E-state index contributed by atoms with van der Waals surface area (Å²) in [6.45, 7) is 0. The van der Waals surface area contributed by atoms with Crippen LogP contribution in [0.15, 0.2) is 17.2 Å². The highest BCUT2D eigenvalue weighted by atomic mass is 35.5. The van der Waals surface area contributed by atoms with Gasteiger partial charge in [-0.2, -0.15) is 0 Å². The third kappa shape index (κ3) is 1.53. The van der Waals surface area contributed by atoms with Crippen molar-refractivity contribution in [2.45, 2.75) is 5.38 Å². The molecule has 1 unspecified atom stereocenters. The van der Waals surface area contributed by atoms with Gasteiger partial charge in [0.2, 0.25) is 0 Å². The topological polar surface area (TPSA) is 0 Å². The maximum atomic E-state index is 5.56. The lowest BCUT2D eigenvalue weighted by atomic mass is 10.2. The van der Waals surface area contributed by atoms with Crippen molar-refractivity contribution in [3.05, 3.63) is 29.7 Å². The minimum atomic E-state index is -0.201. The summed E-state index contributed by atoms with van der Waals surface area (Å²) in [5, 5.41) is 0.333. The molecule has 8 heavy (non-hydrogen) atoms. The van der Waals surface area contributed by atoms with E-state index in [1.54, 1.807) is 12.2 Å². The molecule has 3 radical (unpaired) electrons. The molecule has 0 aromatic heterocycles. The van der Waals surface area contributed by atoms with Crippen LogP contribution in [0.3, 0.4) is 0 Å². The average molecular weight is 146 g/mol. The van der Waals surface area contributed by atoms with E-state index in [1.165, 1.54) is 0 Å². The van der Waals surface area contributed by atoms with Crippen LogP contribution in [0.4, 0.5) is 0 Å². The van der Waals surface area contributed by atoms with Crippen molar-refractivity contribution in [1.82, 2.24) is 0 Å². The lowest BCUT2D eigenvalue weighted by Gasteiger charge is -2.03. The first-order chi connectivity index (χ1) is 3.79. The molecular weight excluding hydrogens is 143 g/mol. The molecule has 0 saturated heterocycles. The minimum absolute atomic E-state index is 0.201. The van der Waals surface area contributed by atoms with Crippen LogP contribution >= 0.6 is 23.2 Å². The summed E-state index contributed by atoms with van der Waals surface area (Å²) in [6.07, 6.45) is 8.84. The van der Waals surface area contributed by atoms with Crippen molar-refractivity contribution in [3.63, 3.8) is 0 Å². The maximum Gasteiger partial charge on any atom is 0.0650 e. The van der Waals surface area contributed by atoms with E-state index >= 15 is 0 Å². The first-order valence-corrected chi connectivity index (χ1v) is 2.96. The van der Waals surface area contributed by atoms with Gasteiger partial charge in [-0.15, -0.1) is 11.6 Å². The number of hydrogen-bond donors (Lipinski definition) is 0. The Labute approximate surface area is 58.8 Å². The van der Waals surface area contributed by atoms with Gasteiger partial charge < -0.3 is 0 Å². The van der Waals surface area contributed by atoms with Crippen LogP contribution in [0, 0.1) is 12.5 Å². The average Bonchev–Trinajstić information content (AvgIpc) is 1.64. The molecule has 0 bridgehead atoms. The summed E-state index contributed by atoms with van der Waals surface area (Å²) in [6, 6.07) is 0. The SMILES string of the molecule is ClC1=C[C]=CC(Cl)[C]1. The summed E-state index contributed by atoms with van der Waals surface area (Å²) in [7, 11) is 0. The first kappa shape index (κ1) is 6.18. The smallest absolute Gasteiger partial charge is 0.0650 e. The molecule has 2 heteroatoms. The Morgan fingerprint density at radius 1 is 1.62 bits per heavy atom. The van der Waals surface area contributed by atoms with Crippen molar-refractivity contribution in [2.24, 2.45) is 0 Å². The quantitative estimate of drug-likeness (QED) is 0.459. The number of halogens is 2. The summed E-state index contributed by atoms with van der Waals surface area (Å²) in [4.78, 5) is 0. The van der Waals surface area contributed by atoms with Crippen LogP contribution in [-0.2, 0) is 0 Å². The van der Waals surface area contributed by atoms with Gasteiger partial charge in [-0.3, -0.25) is 0 Å². The zero-order chi connectivity index (χ0) is 5.98. The van der Waals surface area contributed by atoms with Gasteiger partial charge in [0.1, 0.15) is 0 Å². The van der Waals surface area contributed by atoms with Crippen molar-refractivity contribution >= 4 is 23.2 Å². The summed E-state index contributed by atoms with van der Waals surface area (Å²) >= 11 is 11.1. The second kappa shape index (κ2) is 2.56. The maximum absolute atomic E-state index is 5.56. The fourth-order valence-electron chi connectivity index (χ4n) is 0.421. The van der Waals surface area contributed by atoms with Crippen LogP contribution in [0.25, 0.3) is 0 Å². The zero-order valence-corrected chi connectivity index (χ0v) is 5.50. The molecule has 0 N–H and O–H groups in total. The molecule has 0 fully saturated rings. The number of allylic oxidation sites excluding steroid dienone is 4. The van der Waals surface area contributed by atoms with E-state index in [9.17, 15) is 0 Å².